The van der Waals surface area contributed by atoms with Gasteiger partial charge in [0.05, 0.1) is 6.10 Å². The highest BCUT2D eigenvalue weighted by Crippen LogP contribution is 2.46. The molecule has 1 aromatic rings. The summed E-state index contributed by atoms with van der Waals surface area (Å²) in [6, 6.07) is 6.19. The fraction of sp³-hybridized carbons (Fsp3) is 0.611. The largest absolute Gasteiger partial charge is 0.508 e. The van der Waals surface area contributed by atoms with E-state index in [1.54, 1.807) is 18.2 Å². The Hall–Kier alpha value is -1.79. The van der Waals surface area contributed by atoms with Crippen LogP contribution in [0.3, 0.4) is 0 Å². The van der Waals surface area contributed by atoms with Gasteiger partial charge >= 0.3 is 6.03 Å². The Labute approximate surface area is 142 Å². The van der Waals surface area contributed by atoms with Crippen molar-refractivity contribution in [2.45, 2.75) is 31.8 Å². The average Bonchev–Trinajstić information content (AvgIpc) is 3.14. The lowest BCUT2D eigenvalue weighted by Gasteiger charge is -2.23. The third-order valence-electron chi connectivity index (χ3n) is 5.05. The van der Waals surface area contributed by atoms with Gasteiger partial charge in [0.1, 0.15) is 5.75 Å². The number of aliphatic hydroxyl groups excluding tert-OH is 1. The van der Waals surface area contributed by atoms with E-state index >= 15 is 0 Å². The maximum Gasteiger partial charge on any atom is 0.314 e. The van der Waals surface area contributed by atoms with Crippen LogP contribution in [0, 0.1) is 5.41 Å². The van der Waals surface area contributed by atoms with Gasteiger partial charge in [-0.3, -0.25) is 0 Å². The summed E-state index contributed by atoms with van der Waals surface area (Å²) in [5.41, 5.74) is 0.842. The topological polar surface area (TPSA) is 84.8 Å². The fourth-order valence-corrected chi connectivity index (χ4v) is 3.35. The highest BCUT2D eigenvalue weighted by molar-refractivity contribution is 5.74. The van der Waals surface area contributed by atoms with Crippen LogP contribution < -0.4 is 10.6 Å². The fourth-order valence-electron chi connectivity index (χ4n) is 3.35. The molecule has 0 spiro atoms. The quantitative estimate of drug-likeness (QED) is 0.611. The van der Waals surface area contributed by atoms with Crippen molar-refractivity contribution < 1.29 is 15.0 Å². The third kappa shape index (κ3) is 4.61. The summed E-state index contributed by atoms with van der Waals surface area (Å²) >= 11 is 0. The van der Waals surface area contributed by atoms with E-state index in [4.69, 9.17) is 0 Å². The predicted molar refractivity (Wildman–Crippen MR) is 91.8 cm³/mol. The molecule has 1 aromatic carbocycles. The number of aliphatic hydroxyl groups is 1. The summed E-state index contributed by atoms with van der Waals surface area (Å²) in [7, 11) is 0. The second kappa shape index (κ2) is 7.40. The zero-order valence-corrected chi connectivity index (χ0v) is 14.0. The highest BCUT2D eigenvalue weighted by atomic mass is 16.3. The van der Waals surface area contributed by atoms with Crippen LogP contribution in [-0.2, 0) is 0 Å². The maximum atomic E-state index is 12.0. The van der Waals surface area contributed by atoms with Crippen LogP contribution in [0.15, 0.2) is 24.3 Å². The number of phenolic OH excluding ortho intramolecular Hbond substituents is 1. The van der Waals surface area contributed by atoms with Crippen molar-refractivity contribution in [2.75, 3.05) is 32.7 Å². The molecule has 24 heavy (non-hydrogen) atoms. The van der Waals surface area contributed by atoms with E-state index in [2.05, 4.69) is 15.5 Å². The molecular weight excluding hydrogens is 306 g/mol. The molecule has 2 fully saturated rings. The van der Waals surface area contributed by atoms with Gasteiger partial charge in [0, 0.05) is 25.0 Å². The molecule has 1 unspecified atom stereocenters. The second-order valence-corrected chi connectivity index (χ2v) is 7.16. The van der Waals surface area contributed by atoms with Gasteiger partial charge < -0.3 is 25.7 Å². The number of carbonyl (C=O) groups is 1. The molecule has 0 aromatic heterocycles. The molecule has 4 N–H and O–H groups in total. The average molecular weight is 333 g/mol. The molecule has 1 aliphatic carbocycles. The second-order valence-electron chi connectivity index (χ2n) is 7.16. The number of carbonyl (C=O) groups excluding carboxylic acids is 1. The number of hydrogen-bond donors (Lipinski definition) is 4. The number of likely N-dealkylation sites (tertiary alicyclic amines) is 1. The Morgan fingerprint density at radius 3 is 2.67 bits per heavy atom. The monoisotopic (exact) mass is 333 g/mol. The normalized spacial score (nSPS) is 20.5. The Morgan fingerprint density at radius 1 is 1.25 bits per heavy atom. The van der Waals surface area contributed by atoms with E-state index < -0.39 is 6.10 Å². The van der Waals surface area contributed by atoms with Crippen molar-refractivity contribution in [3.8, 4) is 5.75 Å². The number of rotatable bonds is 7. The smallest absolute Gasteiger partial charge is 0.314 e. The molecule has 0 radical (unpaired) electrons. The maximum absolute atomic E-state index is 12.0. The first-order valence-corrected chi connectivity index (χ1v) is 8.77. The van der Waals surface area contributed by atoms with Crippen LogP contribution >= 0.6 is 0 Å². The molecule has 1 saturated heterocycles. The van der Waals surface area contributed by atoms with Gasteiger partial charge in [-0.1, -0.05) is 12.1 Å². The van der Waals surface area contributed by atoms with Crippen LogP contribution in [0.4, 0.5) is 4.79 Å². The Kier molecular flexibility index (Phi) is 5.26. The summed E-state index contributed by atoms with van der Waals surface area (Å²) in [4.78, 5) is 14.5. The molecule has 2 aliphatic rings. The van der Waals surface area contributed by atoms with Crippen molar-refractivity contribution in [2.24, 2.45) is 5.41 Å². The summed E-state index contributed by atoms with van der Waals surface area (Å²) in [5, 5.41) is 25.1. The lowest BCUT2D eigenvalue weighted by molar-refractivity contribution is 0.172. The first kappa shape index (κ1) is 17.0. The molecular formula is C18H27N3O3. The molecule has 3 rings (SSSR count). The van der Waals surface area contributed by atoms with Crippen LogP contribution in [0.1, 0.15) is 37.4 Å². The van der Waals surface area contributed by atoms with Gasteiger partial charge in [-0.05, 0) is 56.5 Å². The molecule has 0 bridgehead atoms. The number of amides is 2. The van der Waals surface area contributed by atoms with Crippen molar-refractivity contribution in [1.29, 1.82) is 0 Å². The van der Waals surface area contributed by atoms with Gasteiger partial charge in [0.25, 0.3) is 0 Å². The van der Waals surface area contributed by atoms with Gasteiger partial charge in [-0.2, -0.15) is 0 Å². The molecule has 6 nitrogen and oxygen atoms in total. The van der Waals surface area contributed by atoms with Gasteiger partial charge in [0.2, 0.25) is 0 Å². The molecule has 6 heteroatoms. The van der Waals surface area contributed by atoms with E-state index in [0.29, 0.717) is 12.1 Å². The van der Waals surface area contributed by atoms with Crippen LogP contribution in [-0.4, -0.2) is 53.9 Å². The number of phenols is 1. The Bertz CT molecular complexity index is 568. The molecule has 2 amide bonds. The first-order valence-electron chi connectivity index (χ1n) is 8.77. The number of urea groups is 1. The van der Waals surface area contributed by atoms with Gasteiger partial charge in [-0.15, -0.1) is 0 Å². The lowest BCUT2D eigenvalue weighted by Crippen LogP contribution is -2.42. The minimum Gasteiger partial charge on any atom is -0.508 e. The zero-order valence-electron chi connectivity index (χ0n) is 14.0. The first-order chi connectivity index (χ1) is 11.6. The molecule has 1 atom stereocenters. The molecule has 132 valence electrons. The summed E-state index contributed by atoms with van der Waals surface area (Å²) in [6.07, 6.45) is 4.10. The number of aromatic hydroxyl groups is 1. The van der Waals surface area contributed by atoms with E-state index in [9.17, 15) is 15.0 Å². The van der Waals surface area contributed by atoms with Gasteiger partial charge in [-0.25, -0.2) is 4.79 Å². The van der Waals surface area contributed by atoms with Crippen LogP contribution in [0.5, 0.6) is 5.75 Å². The lowest BCUT2D eigenvalue weighted by atomic mass is 10.1. The van der Waals surface area contributed by atoms with E-state index in [1.165, 1.54) is 44.8 Å². The van der Waals surface area contributed by atoms with E-state index in [0.717, 1.165) is 6.54 Å². The molecule has 1 aliphatic heterocycles. The summed E-state index contributed by atoms with van der Waals surface area (Å²) in [6.45, 7) is 4.26. The van der Waals surface area contributed by atoms with Crippen molar-refractivity contribution in [1.82, 2.24) is 15.5 Å². The predicted octanol–water partition coefficient (Wildman–Crippen LogP) is 1.60. The van der Waals surface area contributed by atoms with E-state index in [-0.39, 0.29) is 23.7 Å². The molecule has 1 saturated carbocycles. The number of benzene rings is 1. The zero-order chi connectivity index (χ0) is 17.0. The SMILES string of the molecule is O=C(NCC(O)c1cccc(O)c1)NCC1(CN2CCCC2)CC1. The number of nitrogens with zero attached hydrogens (tertiary/aromatic N) is 1. The van der Waals surface area contributed by atoms with Crippen molar-refractivity contribution in [3.63, 3.8) is 0 Å². The van der Waals surface area contributed by atoms with Crippen molar-refractivity contribution >= 4 is 6.03 Å². The standard InChI is InChI=1S/C18H27N3O3/c22-15-5-3-4-14(10-15)16(23)11-19-17(24)20-12-18(6-7-18)13-21-8-1-2-9-21/h3-5,10,16,22-23H,1-2,6-9,11-13H2,(H2,19,20,24). The summed E-state index contributed by atoms with van der Waals surface area (Å²) < 4.78 is 0. The van der Waals surface area contributed by atoms with Crippen LogP contribution in [0.2, 0.25) is 0 Å². The Balaban J connectivity index is 1.38. The highest BCUT2D eigenvalue weighted by Gasteiger charge is 2.44. The number of hydrogen-bond acceptors (Lipinski definition) is 4. The van der Waals surface area contributed by atoms with Crippen molar-refractivity contribution in [3.05, 3.63) is 29.8 Å². The van der Waals surface area contributed by atoms with Crippen LogP contribution in [0.25, 0.3) is 0 Å². The van der Waals surface area contributed by atoms with Gasteiger partial charge in [0.15, 0.2) is 0 Å². The Morgan fingerprint density at radius 2 is 2.00 bits per heavy atom. The third-order valence-corrected chi connectivity index (χ3v) is 5.05. The minimum atomic E-state index is -0.831. The summed E-state index contributed by atoms with van der Waals surface area (Å²) in [5.74, 6) is 0.105. The van der Waals surface area contributed by atoms with E-state index in [1.807, 2.05) is 0 Å². The molecule has 1 heterocycles. The number of nitrogens with one attached hydrogen (secondary N) is 2. The minimum absolute atomic E-state index is 0.105.